The van der Waals surface area contributed by atoms with Crippen LogP contribution in [0.5, 0.6) is 0 Å². The number of aliphatic hydroxyl groups excluding tert-OH is 1. The lowest BCUT2D eigenvalue weighted by atomic mass is 9.98. The van der Waals surface area contributed by atoms with E-state index in [1.807, 2.05) is 13.0 Å². The normalized spacial score (nSPS) is 15.9. The standard InChI is InChI=1S/C10H20O/c1-4-5-6-9(2)7-8-10(3)11/h4,9-11H,1,5-8H2,2-3H3. The minimum atomic E-state index is -0.138. The highest BCUT2D eigenvalue weighted by molar-refractivity contribution is 4.68. The van der Waals surface area contributed by atoms with Gasteiger partial charge in [-0.15, -0.1) is 6.58 Å². The second-order valence-electron chi connectivity index (χ2n) is 3.40. The largest absolute Gasteiger partial charge is 0.393 e. The van der Waals surface area contributed by atoms with Crippen LogP contribution in [0.1, 0.15) is 39.5 Å². The number of allylic oxidation sites excluding steroid dienone is 1. The monoisotopic (exact) mass is 156 g/mol. The molecule has 0 aromatic heterocycles. The minimum Gasteiger partial charge on any atom is -0.393 e. The van der Waals surface area contributed by atoms with Crippen molar-refractivity contribution in [1.82, 2.24) is 0 Å². The first-order chi connectivity index (χ1) is 5.16. The van der Waals surface area contributed by atoms with Crippen LogP contribution in [-0.4, -0.2) is 11.2 Å². The predicted octanol–water partition coefficient (Wildman–Crippen LogP) is 2.75. The average Bonchev–Trinajstić information content (AvgIpc) is 1.97. The third kappa shape index (κ3) is 7.60. The first-order valence-electron chi connectivity index (χ1n) is 4.45. The SMILES string of the molecule is C=CCCC(C)CCC(C)O. The van der Waals surface area contributed by atoms with E-state index in [-0.39, 0.29) is 6.10 Å². The summed E-state index contributed by atoms with van der Waals surface area (Å²) in [6.45, 7) is 7.75. The molecule has 0 rings (SSSR count). The molecule has 0 aromatic rings. The Kier molecular flexibility index (Phi) is 6.24. The highest BCUT2D eigenvalue weighted by Crippen LogP contribution is 2.13. The molecule has 0 aliphatic carbocycles. The lowest BCUT2D eigenvalue weighted by Crippen LogP contribution is -2.03. The third-order valence-electron chi connectivity index (χ3n) is 1.94. The van der Waals surface area contributed by atoms with Crippen LogP contribution in [0.25, 0.3) is 0 Å². The minimum absolute atomic E-state index is 0.138. The maximum absolute atomic E-state index is 9.01. The van der Waals surface area contributed by atoms with Crippen molar-refractivity contribution in [2.45, 2.75) is 45.6 Å². The molecule has 0 amide bonds. The maximum Gasteiger partial charge on any atom is 0.0512 e. The second kappa shape index (κ2) is 6.41. The second-order valence-corrected chi connectivity index (χ2v) is 3.40. The molecule has 1 heteroatoms. The van der Waals surface area contributed by atoms with Crippen molar-refractivity contribution in [3.05, 3.63) is 12.7 Å². The van der Waals surface area contributed by atoms with Gasteiger partial charge in [-0.2, -0.15) is 0 Å². The van der Waals surface area contributed by atoms with E-state index in [9.17, 15) is 0 Å². The van der Waals surface area contributed by atoms with Crippen molar-refractivity contribution in [2.75, 3.05) is 0 Å². The predicted molar refractivity (Wildman–Crippen MR) is 49.5 cm³/mol. The Balaban J connectivity index is 3.21. The van der Waals surface area contributed by atoms with Crippen molar-refractivity contribution in [2.24, 2.45) is 5.92 Å². The van der Waals surface area contributed by atoms with Crippen molar-refractivity contribution in [3.63, 3.8) is 0 Å². The van der Waals surface area contributed by atoms with Gasteiger partial charge in [0.25, 0.3) is 0 Å². The van der Waals surface area contributed by atoms with Crippen LogP contribution in [-0.2, 0) is 0 Å². The van der Waals surface area contributed by atoms with Crippen LogP contribution >= 0.6 is 0 Å². The molecule has 1 nitrogen and oxygen atoms in total. The Bertz CT molecular complexity index is 97.0. The first kappa shape index (κ1) is 10.7. The summed E-state index contributed by atoms with van der Waals surface area (Å²) in [5, 5.41) is 9.01. The summed E-state index contributed by atoms with van der Waals surface area (Å²) in [4.78, 5) is 0. The molecule has 0 saturated heterocycles. The van der Waals surface area contributed by atoms with E-state index in [0.29, 0.717) is 0 Å². The van der Waals surface area contributed by atoms with Gasteiger partial charge in [-0.3, -0.25) is 0 Å². The smallest absolute Gasteiger partial charge is 0.0512 e. The van der Waals surface area contributed by atoms with E-state index in [0.717, 1.165) is 25.2 Å². The third-order valence-corrected chi connectivity index (χ3v) is 1.94. The van der Waals surface area contributed by atoms with E-state index in [2.05, 4.69) is 13.5 Å². The van der Waals surface area contributed by atoms with Crippen LogP contribution in [0.4, 0.5) is 0 Å². The summed E-state index contributed by atoms with van der Waals surface area (Å²) < 4.78 is 0. The molecule has 1 N–H and O–H groups in total. The summed E-state index contributed by atoms with van der Waals surface area (Å²) >= 11 is 0. The quantitative estimate of drug-likeness (QED) is 0.586. The summed E-state index contributed by atoms with van der Waals surface area (Å²) in [7, 11) is 0. The van der Waals surface area contributed by atoms with E-state index < -0.39 is 0 Å². The Morgan fingerprint density at radius 3 is 2.36 bits per heavy atom. The van der Waals surface area contributed by atoms with Gasteiger partial charge in [0, 0.05) is 0 Å². The van der Waals surface area contributed by atoms with E-state index >= 15 is 0 Å². The fourth-order valence-corrected chi connectivity index (χ4v) is 1.07. The molecule has 0 bridgehead atoms. The zero-order chi connectivity index (χ0) is 8.69. The topological polar surface area (TPSA) is 20.2 Å². The molecule has 0 aliphatic rings. The van der Waals surface area contributed by atoms with Gasteiger partial charge >= 0.3 is 0 Å². The molecule has 11 heavy (non-hydrogen) atoms. The van der Waals surface area contributed by atoms with Gasteiger partial charge in [0.2, 0.25) is 0 Å². The van der Waals surface area contributed by atoms with E-state index in [4.69, 9.17) is 5.11 Å². The summed E-state index contributed by atoms with van der Waals surface area (Å²) in [5.74, 6) is 0.725. The Morgan fingerprint density at radius 2 is 1.91 bits per heavy atom. The zero-order valence-corrected chi connectivity index (χ0v) is 7.71. The van der Waals surface area contributed by atoms with Gasteiger partial charge in [0.05, 0.1) is 6.10 Å². The fourth-order valence-electron chi connectivity index (χ4n) is 1.07. The average molecular weight is 156 g/mol. The van der Waals surface area contributed by atoms with Crippen LogP contribution in [0.3, 0.4) is 0 Å². The Hall–Kier alpha value is -0.300. The van der Waals surface area contributed by atoms with Crippen LogP contribution in [0, 0.1) is 5.92 Å². The van der Waals surface area contributed by atoms with Crippen molar-refractivity contribution >= 4 is 0 Å². The van der Waals surface area contributed by atoms with Gasteiger partial charge in [0.1, 0.15) is 0 Å². The molecule has 66 valence electrons. The number of hydrogen-bond donors (Lipinski definition) is 1. The zero-order valence-electron chi connectivity index (χ0n) is 7.71. The fraction of sp³-hybridized carbons (Fsp3) is 0.800. The van der Waals surface area contributed by atoms with Gasteiger partial charge in [0.15, 0.2) is 0 Å². The summed E-state index contributed by atoms with van der Waals surface area (Å²) in [6, 6.07) is 0. The molecule has 0 saturated carbocycles. The molecule has 0 radical (unpaired) electrons. The lowest BCUT2D eigenvalue weighted by Gasteiger charge is -2.10. The van der Waals surface area contributed by atoms with Gasteiger partial charge in [-0.25, -0.2) is 0 Å². The van der Waals surface area contributed by atoms with E-state index in [1.54, 1.807) is 0 Å². The van der Waals surface area contributed by atoms with Crippen LogP contribution in [0.2, 0.25) is 0 Å². The van der Waals surface area contributed by atoms with Crippen LogP contribution in [0.15, 0.2) is 12.7 Å². The number of rotatable bonds is 6. The Morgan fingerprint density at radius 1 is 1.27 bits per heavy atom. The van der Waals surface area contributed by atoms with Gasteiger partial charge < -0.3 is 5.11 Å². The molecule has 0 aromatic carbocycles. The summed E-state index contributed by atoms with van der Waals surface area (Å²) in [6.07, 6.45) is 6.18. The highest BCUT2D eigenvalue weighted by Gasteiger charge is 2.02. The number of aliphatic hydroxyl groups is 1. The molecular weight excluding hydrogens is 136 g/mol. The van der Waals surface area contributed by atoms with E-state index in [1.165, 1.54) is 6.42 Å². The molecule has 2 unspecified atom stereocenters. The molecule has 2 atom stereocenters. The van der Waals surface area contributed by atoms with Crippen molar-refractivity contribution in [3.8, 4) is 0 Å². The van der Waals surface area contributed by atoms with Crippen LogP contribution < -0.4 is 0 Å². The van der Waals surface area contributed by atoms with Crippen molar-refractivity contribution in [1.29, 1.82) is 0 Å². The lowest BCUT2D eigenvalue weighted by molar-refractivity contribution is 0.174. The summed E-state index contributed by atoms with van der Waals surface area (Å²) in [5.41, 5.74) is 0. The van der Waals surface area contributed by atoms with Gasteiger partial charge in [-0.05, 0) is 38.5 Å². The first-order valence-corrected chi connectivity index (χ1v) is 4.45. The Labute approximate surface area is 70.1 Å². The molecule has 0 heterocycles. The highest BCUT2D eigenvalue weighted by atomic mass is 16.3. The molecule has 0 aliphatic heterocycles. The molecular formula is C10H20O. The maximum atomic E-state index is 9.01. The van der Waals surface area contributed by atoms with Crippen molar-refractivity contribution < 1.29 is 5.11 Å². The molecule has 0 spiro atoms. The number of hydrogen-bond acceptors (Lipinski definition) is 1. The van der Waals surface area contributed by atoms with Gasteiger partial charge in [-0.1, -0.05) is 13.0 Å². The molecule has 0 fully saturated rings.